The quantitative estimate of drug-likeness (QED) is 0.877. The van der Waals surface area contributed by atoms with E-state index in [0.717, 1.165) is 21.0 Å². The summed E-state index contributed by atoms with van der Waals surface area (Å²) in [5.74, 6) is 0.188. The number of fused-ring (bicyclic) bond motifs is 1. The van der Waals surface area contributed by atoms with Crippen molar-refractivity contribution in [2.75, 3.05) is 13.1 Å². The molecule has 1 aliphatic rings. The van der Waals surface area contributed by atoms with Crippen molar-refractivity contribution in [3.63, 3.8) is 0 Å². The van der Waals surface area contributed by atoms with Crippen LogP contribution in [0.5, 0.6) is 0 Å². The standard InChI is InChI=1S/C14H14BrNO3/c1-8-4-10(15)5-9-6-12(19-13(8)9)14(18)16-3-2-11(17)7-16/h4-6,11,17H,2-3,7H2,1H3/t11-/m0/s1. The van der Waals surface area contributed by atoms with Gasteiger partial charge in [-0.1, -0.05) is 15.9 Å². The molecule has 0 bridgehead atoms. The van der Waals surface area contributed by atoms with Crippen molar-refractivity contribution in [2.45, 2.75) is 19.4 Å². The summed E-state index contributed by atoms with van der Waals surface area (Å²) < 4.78 is 6.64. The van der Waals surface area contributed by atoms with E-state index in [0.29, 0.717) is 25.3 Å². The number of carbonyl (C=O) groups excluding carboxylic acids is 1. The third-order valence-corrected chi connectivity index (χ3v) is 3.89. The number of likely N-dealkylation sites (tertiary alicyclic amines) is 1. The number of aryl methyl sites for hydroxylation is 1. The van der Waals surface area contributed by atoms with Crippen molar-refractivity contribution in [1.82, 2.24) is 4.90 Å². The Morgan fingerprint density at radius 1 is 1.47 bits per heavy atom. The Morgan fingerprint density at radius 3 is 2.95 bits per heavy atom. The second-order valence-electron chi connectivity index (χ2n) is 4.95. The normalized spacial score (nSPS) is 19.3. The van der Waals surface area contributed by atoms with E-state index < -0.39 is 6.10 Å². The number of aliphatic hydroxyl groups excluding tert-OH is 1. The highest BCUT2D eigenvalue weighted by Gasteiger charge is 2.27. The van der Waals surface area contributed by atoms with Crippen molar-refractivity contribution in [3.8, 4) is 0 Å². The first-order chi connectivity index (χ1) is 9.04. The Kier molecular flexibility index (Phi) is 3.11. The van der Waals surface area contributed by atoms with Crippen molar-refractivity contribution in [3.05, 3.63) is 34.0 Å². The van der Waals surface area contributed by atoms with Crippen LogP contribution < -0.4 is 0 Å². The van der Waals surface area contributed by atoms with Crippen molar-refractivity contribution >= 4 is 32.8 Å². The van der Waals surface area contributed by atoms with E-state index in [1.807, 2.05) is 19.1 Å². The van der Waals surface area contributed by atoms with Crippen LogP contribution >= 0.6 is 15.9 Å². The van der Waals surface area contributed by atoms with Gasteiger partial charge in [0, 0.05) is 22.9 Å². The third-order valence-electron chi connectivity index (χ3n) is 3.43. The van der Waals surface area contributed by atoms with Gasteiger partial charge >= 0.3 is 0 Å². The number of amides is 1. The number of nitrogens with zero attached hydrogens (tertiary/aromatic N) is 1. The molecule has 100 valence electrons. The van der Waals surface area contributed by atoms with Gasteiger partial charge in [0.05, 0.1) is 6.10 Å². The molecule has 0 aliphatic carbocycles. The van der Waals surface area contributed by atoms with Gasteiger partial charge in [0.15, 0.2) is 5.76 Å². The lowest BCUT2D eigenvalue weighted by atomic mass is 10.2. The van der Waals surface area contributed by atoms with Gasteiger partial charge in [0.1, 0.15) is 5.58 Å². The van der Waals surface area contributed by atoms with Gasteiger partial charge in [-0.05, 0) is 37.1 Å². The zero-order valence-electron chi connectivity index (χ0n) is 10.5. The number of benzene rings is 1. The van der Waals surface area contributed by atoms with Crippen LogP contribution in [0.15, 0.2) is 27.1 Å². The topological polar surface area (TPSA) is 53.7 Å². The van der Waals surface area contributed by atoms with Crippen LogP contribution in [0, 0.1) is 6.92 Å². The Bertz CT molecular complexity index is 649. The maximum absolute atomic E-state index is 12.3. The molecule has 0 radical (unpaired) electrons. The van der Waals surface area contributed by atoms with Crippen molar-refractivity contribution in [2.24, 2.45) is 0 Å². The van der Waals surface area contributed by atoms with Crippen molar-refractivity contribution in [1.29, 1.82) is 0 Å². The number of β-amino-alcohol motifs (C(OH)–C–C–N with tert-alkyl or cyclic N) is 1. The van der Waals surface area contributed by atoms with Crippen LogP contribution in [-0.4, -0.2) is 35.1 Å². The molecule has 1 fully saturated rings. The second kappa shape index (κ2) is 4.65. The molecule has 1 aliphatic heterocycles. The predicted molar refractivity (Wildman–Crippen MR) is 75.2 cm³/mol. The fourth-order valence-electron chi connectivity index (χ4n) is 2.47. The van der Waals surface area contributed by atoms with E-state index in [1.165, 1.54) is 0 Å². The number of carbonyl (C=O) groups is 1. The number of hydrogen-bond acceptors (Lipinski definition) is 3. The van der Waals surface area contributed by atoms with E-state index in [1.54, 1.807) is 11.0 Å². The monoisotopic (exact) mass is 323 g/mol. The van der Waals surface area contributed by atoms with Gasteiger partial charge in [-0.25, -0.2) is 0 Å². The van der Waals surface area contributed by atoms with Gasteiger partial charge in [-0.15, -0.1) is 0 Å². The molecule has 1 N–H and O–H groups in total. The Hall–Kier alpha value is -1.33. The summed E-state index contributed by atoms with van der Waals surface area (Å²) in [6.45, 7) is 2.92. The largest absolute Gasteiger partial charge is 0.451 e. The molecule has 0 saturated carbocycles. The lowest BCUT2D eigenvalue weighted by molar-refractivity contribution is 0.0736. The summed E-state index contributed by atoms with van der Waals surface area (Å²) in [4.78, 5) is 13.9. The molecule has 0 unspecified atom stereocenters. The van der Waals surface area contributed by atoms with Crippen LogP contribution in [-0.2, 0) is 0 Å². The van der Waals surface area contributed by atoms with Gasteiger partial charge in [-0.2, -0.15) is 0 Å². The third kappa shape index (κ3) is 2.28. The Morgan fingerprint density at radius 2 is 2.26 bits per heavy atom. The summed E-state index contributed by atoms with van der Waals surface area (Å²) in [6, 6.07) is 5.65. The molecule has 1 saturated heterocycles. The molecule has 2 heterocycles. The maximum Gasteiger partial charge on any atom is 0.289 e. The molecular formula is C14H14BrNO3. The lowest BCUT2D eigenvalue weighted by Crippen LogP contribution is -2.29. The highest BCUT2D eigenvalue weighted by Crippen LogP contribution is 2.28. The summed E-state index contributed by atoms with van der Waals surface area (Å²) >= 11 is 3.43. The molecule has 5 heteroatoms. The summed E-state index contributed by atoms with van der Waals surface area (Å²) in [5, 5.41) is 10.4. The van der Waals surface area contributed by atoms with Gasteiger partial charge < -0.3 is 14.4 Å². The molecule has 19 heavy (non-hydrogen) atoms. The van der Waals surface area contributed by atoms with E-state index >= 15 is 0 Å². The average Bonchev–Trinajstić information content (AvgIpc) is 2.94. The number of aliphatic hydroxyl groups is 1. The molecule has 0 spiro atoms. The SMILES string of the molecule is Cc1cc(Br)cc2cc(C(=O)N3CC[C@H](O)C3)oc12. The number of hydrogen-bond donors (Lipinski definition) is 1. The first-order valence-corrected chi connectivity index (χ1v) is 7.01. The first kappa shape index (κ1) is 12.7. The number of furan rings is 1. The zero-order valence-corrected chi connectivity index (χ0v) is 12.1. The van der Waals surface area contributed by atoms with Crippen LogP contribution in [0.25, 0.3) is 11.0 Å². The smallest absolute Gasteiger partial charge is 0.289 e. The molecule has 1 aromatic heterocycles. The van der Waals surface area contributed by atoms with Crippen LogP contribution in [0.2, 0.25) is 0 Å². The van der Waals surface area contributed by atoms with Gasteiger partial charge in [0.2, 0.25) is 0 Å². The minimum absolute atomic E-state index is 0.150. The fraction of sp³-hybridized carbons (Fsp3) is 0.357. The molecule has 1 aromatic carbocycles. The van der Waals surface area contributed by atoms with Crippen molar-refractivity contribution < 1.29 is 14.3 Å². The van der Waals surface area contributed by atoms with E-state index in [2.05, 4.69) is 15.9 Å². The maximum atomic E-state index is 12.3. The Balaban J connectivity index is 1.97. The average molecular weight is 324 g/mol. The highest BCUT2D eigenvalue weighted by molar-refractivity contribution is 9.10. The van der Waals surface area contributed by atoms with Crippen LogP contribution in [0.4, 0.5) is 0 Å². The molecule has 4 nitrogen and oxygen atoms in total. The molecule has 1 atom stereocenters. The number of halogens is 1. The second-order valence-corrected chi connectivity index (χ2v) is 5.86. The predicted octanol–water partition coefficient (Wildman–Crippen LogP) is 2.71. The number of rotatable bonds is 1. The molecule has 3 rings (SSSR count). The first-order valence-electron chi connectivity index (χ1n) is 6.21. The van der Waals surface area contributed by atoms with E-state index in [9.17, 15) is 9.90 Å². The molecule has 2 aromatic rings. The molecule has 1 amide bonds. The Labute approximate surface area is 119 Å². The van der Waals surface area contributed by atoms with Crippen LogP contribution in [0.3, 0.4) is 0 Å². The van der Waals surface area contributed by atoms with E-state index in [4.69, 9.17) is 4.42 Å². The lowest BCUT2D eigenvalue weighted by Gasteiger charge is -2.12. The van der Waals surface area contributed by atoms with Gasteiger partial charge in [-0.3, -0.25) is 4.79 Å². The zero-order chi connectivity index (χ0) is 13.6. The summed E-state index contributed by atoms with van der Waals surface area (Å²) in [6.07, 6.45) is 0.223. The van der Waals surface area contributed by atoms with Crippen LogP contribution in [0.1, 0.15) is 22.5 Å². The molecular weight excluding hydrogens is 310 g/mol. The minimum Gasteiger partial charge on any atom is -0.451 e. The van der Waals surface area contributed by atoms with E-state index in [-0.39, 0.29) is 5.91 Å². The minimum atomic E-state index is -0.413. The summed E-state index contributed by atoms with van der Waals surface area (Å²) in [5.41, 5.74) is 1.73. The summed E-state index contributed by atoms with van der Waals surface area (Å²) in [7, 11) is 0. The highest BCUT2D eigenvalue weighted by atomic mass is 79.9. The van der Waals surface area contributed by atoms with Gasteiger partial charge in [0.25, 0.3) is 5.91 Å². The fourth-order valence-corrected chi connectivity index (χ4v) is 3.06.